The Morgan fingerprint density at radius 1 is 1.32 bits per heavy atom. The molecular formula is C21H20N4O3. The second-order valence-corrected chi connectivity index (χ2v) is 6.72. The van der Waals surface area contributed by atoms with Gasteiger partial charge in [0.2, 0.25) is 5.91 Å². The molecule has 0 radical (unpaired) electrons. The van der Waals surface area contributed by atoms with E-state index in [0.29, 0.717) is 11.6 Å². The zero-order chi connectivity index (χ0) is 19.7. The number of amides is 2. The van der Waals surface area contributed by atoms with E-state index in [1.165, 1.54) is 6.08 Å². The maximum Gasteiger partial charge on any atom is 0.263 e. The minimum Gasteiger partial charge on any atom is -0.480 e. The predicted octanol–water partition coefficient (Wildman–Crippen LogP) is 3.13. The Morgan fingerprint density at radius 3 is 2.96 bits per heavy atom. The summed E-state index contributed by atoms with van der Waals surface area (Å²) in [5.74, 6) is 0.530. The molecule has 2 aromatic heterocycles. The van der Waals surface area contributed by atoms with Crippen LogP contribution in [-0.4, -0.2) is 40.3 Å². The van der Waals surface area contributed by atoms with E-state index >= 15 is 0 Å². The average Bonchev–Trinajstić information content (AvgIpc) is 3.15. The quantitative estimate of drug-likeness (QED) is 0.685. The molecule has 1 aliphatic heterocycles. The summed E-state index contributed by atoms with van der Waals surface area (Å²) in [6.45, 7) is 1.94. The summed E-state index contributed by atoms with van der Waals surface area (Å²) in [6.07, 6.45) is 4.77. The number of hydrogen-bond donors (Lipinski definition) is 2. The van der Waals surface area contributed by atoms with Crippen LogP contribution in [0.4, 0.5) is 5.82 Å². The van der Waals surface area contributed by atoms with Crippen molar-refractivity contribution in [2.24, 2.45) is 0 Å². The van der Waals surface area contributed by atoms with Crippen LogP contribution in [0.5, 0.6) is 5.75 Å². The first-order valence-corrected chi connectivity index (χ1v) is 8.96. The fraction of sp³-hybridized carbons (Fsp3) is 0.190. The molecule has 2 N–H and O–H groups in total. The van der Waals surface area contributed by atoms with Crippen molar-refractivity contribution in [1.29, 1.82) is 0 Å². The number of anilines is 1. The van der Waals surface area contributed by atoms with Gasteiger partial charge in [0.15, 0.2) is 18.2 Å². The van der Waals surface area contributed by atoms with Gasteiger partial charge in [0.25, 0.3) is 5.91 Å². The topological polar surface area (TPSA) is 87.3 Å². The lowest BCUT2D eigenvalue weighted by Crippen LogP contribution is -2.28. The van der Waals surface area contributed by atoms with Gasteiger partial charge in [-0.05, 0) is 42.1 Å². The van der Waals surface area contributed by atoms with Gasteiger partial charge in [0.1, 0.15) is 0 Å². The lowest BCUT2D eigenvalue weighted by molar-refractivity contribution is -0.126. The third-order valence-corrected chi connectivity index (χ3v) is 4.84. The van der Waals surface area contributed by atoms with Crippen LogP contribution in [0, 0.1) is 0 Å². The molecular weight excluding hydrogens is 356 g/mol. The molecule has 1 atom stereocenters. The predicted molar refractivity (Wildman–Crippen MR) is 107 cm³/mol. The molecule has 0 saturated heterocycles. The largest absolute Gasteiger partial charge is 0.480 e. The lowest BCUT2D eigenvalue weighted by Gasteiger charge is -2.22. The maximum atomic E-state index is 12.6. The van der Waals surface area contributed by atoms with Crippen LogP contribution >= 0.6 is 0 Å². The normalized spacial score (nSPS) is 14.4. The van der Waals surface area contributed by atoms with Gasteiger partial charge in [-0.1, -0.05) is 18.2 Å². The van der Waals surface area contributed by atoms with E-state index in [0.717, 1.165) is 22.2 Å². The van der Waals surface area contributed by atoms with E-state index in [1.54, 1.807) is 30.3 Å². The van der Waals surface area contributed by atoms with Crippen molar-refractivity contribution in [3.8, 4) is 5.75 Å². The van der Waals surface area contributed by atoms with Gasteiger partial charge in [-0.15, -0.1) is 0 Å². The second-order valence-electron chi connectivity index (χ2n) is 6.72. The molecule has 3 heterocycles. The Morgan fingerprint density at radius 2 is 2.14 bits per heavy atom. The van der Waals surface area contributed by atoms with Crippen molar-refractivity contribution in [3.63, 3.8) is 0 Å². The van der Waals surface area contributed by atoms with E-state index in [1.807, 2.05) is 31.2 Å². The molecule has 3 aromatic rings. The fourth-order valence-corrected chi connectivity index (χ4v) is 3.07. The second kappa shape index (κ2) is 7.19. The molecule has 0 fully saturated rings. The number of nitrogens with zero attached hydrogens (tertiary/aromatic N) is 2. The maximum absolute atomic E-state index is 12.6. The summed E-state index contributed by atoms with van der Waals surface area (Å²) in [6, 6.07) is 11.7. The molecule has 142 valence electrons. The van der Waals surface area contributed by atoms with Crippen LogP contribution in [-0.2, 0) is 9.59 Å². The number of rotatable bonds is 4. The fourth-order valence-electron chi connectivity index (χ4n) is 3.07. The number of para-hydroxylation sites is 1. The first-order chi connectivity index (χ1) is 13.5. The number of aromatic amines is 1. The van der Waals surface area contributed by atoms with Crippen LogP contribution in [0.25, 0.3) is 17.0 Å². The Kier molecular flexibility index (Phi) is 4.57. The zero-order valence-electron chi connectivity index (χ0n) is 15.6. The third-order valence-electron chi connectivity index (χ3n) is 4.84. The number of H-pyrrole nitrogens is 1. The van der Waals surface area contributed by atoms with Gasteiger partial charge in [-0.25, -0.2) is 4.98 Å². The van der Waals surface area contributed by atoms with Crippen LogP contribution < -0.4 is 10.1 Å². The highest BCUT2D eigenvalue weighted by atomic mass is 16.5. The van der Waals surface area contributed by atoms with E-state index in [4.69, 9.17) is 4.74 Å². The molecule has 2 amide bonds. The molecule has 0 saturated carbocycles. The van der Waals surface area contributed by atoms with Crippen molar-refractivity contribution < 1.29 is 14.3 Å². The van der Waals surface area contributed by atoms with Crippen molar-refractivity contribution >= 4 is 34.6 Å². The Bertz CT molecular complexity index is 1050. The number of ether oxygens (including phenoxy) is 1. The van der Waals surface area contributed by atoms with Crippen LogP contribution in [0.1, 0.15) is 24.2 Å². The first-order valence-electron chi connectivity index (χ1n) is 8.96. The van der Waals surface area contributed by atoms with Crippen LogP contribution in [0.3, 0.4) is 0 Å². The summed E-state index contributed by atoms with van der Waals surface area (Å²) in [7, 11) is 1.77. The smallest absolute Gasteiger partial charge is 0.263 e. The van der Waals surface area contributed by atoms with E-state index < -0.39 is 0 Å². The first kappa shape index (κ1) is 17.8. The number of hydrogen-bond acceptors (Lipinski definition) is 4. The van der Waals surface area contributed by atoms with E-state index in [9.17, 15) is 9.59 Å². The number of aromatic nitrogens is 2. The SMILES string of the molecule is CC(c1cc2ccccc2[nH]1)N(C)C(=O)/C=C/c1cnc2c(c1)OCC(=O)N2. The molecule has 1 aliphatic rings. The van der Waals surface area contributed by atoms with Gasteiger partial charge in [-0.2, -0.15) is 0 Å². The summed E-state index contributed by atoms with van der Waals surface area (Å²) < 4.78 is 5.35. The molecule has 4 rings (SSSR count). The number of nitrogens with one attached hydrogen (secondary N) is 2. The third kappa shape index (κ3) is 3.46. The van der Waals surface area contributed by atoms with Gasteiger partial charge >= 0.3 is 0 Å². The van der Waals surface area contributed by atoms with Crippen LogP contribution in [0.15, 0.2) is 48.7 Å². The van der Waals surface area contributed by atoms with E-state index in [-0.39, 0.29) is 24.5 Å². The molecule has 0 bridgehead atoms. The number of likely N-dealkylation sites (N-methyl/N-ethyl adjacent to an activating group) is 1. The molecule has 1 unspecified atom stereocenters. The Labute approximate surface area is 162 Å². The molecule has 7 heteroatoms. The molecule has 0 spiro atoms. The number of carbonyl (C=O) groups is 2. The highest BCUT2D eigenvalue weighted by molar-refractivity contribution is 5.95. The van der Waals surface area contributed by atoms with Gasteiger partial charge in [0, 0.05) is 30.5 Å². The Balaban J connectivity index is 1.47. The standard InChI is InChI=1S/C21H20N4O3/c1-13(17-10-15-5-3-4-6-16(15)23-17)25(2)20(27)8-7-14-9-18-21(22-11-14)24-19(26)12-28-18/h3-11,13,23H,12H2,1-2H3,(H,22,24,26)/b8-7+. The molecule has 7 nitrogen and oxygen atoms in total. The van der Waals surface area contributed by atoms with Gasteiger partial charge < -0.3 is 19.9 Å². The van der Waals surface area contributed by atoms with Gasteiger partial charge in [0.05, 0.1) is 6.04 Å². The molecule has 1 aromatic carbocycles. The minimum atomic E-state index is -0.231. The highest BCUT2D eigenvalue weighted by Crippen LogP contribution is 2.27. The van der Waals surface area contributed by atoms with Crippen molar-refractivity contribution in [2.45, 2.75) is 13.0 Å². The summed E-state index contributed by atoms with van der Waals surface area (Å²) >= 11 is 0. The van der Waals surface area contributed by atoms with Crippen molar-refractivity contribution in [1.82, 2.24) is 14.9 Å². The number of fused-ring (bicyclic) bond motifs is 2. The average molecular weight is 376 g/mol. The zero-order valence-corrected chi connectivity index (χ0v) is 15.6. The summed E-state index contributed by atoms with van der Waals surface area (Å²) in [5.41, 5.74) is 2.74. The molecule has 0 aliphatic carbocycles. The lowest BCUT2D eigenvalue weighted by atomic mass is 10.2. The van der Waals surface area contributed by atoms with Gasteiger partial charge in [-0.3, -0.25) is 9.59 Å². The monoisotopic (exact) mass is 376 g/mol. The van der Waals surface area contributed by atoms with Crippen molar-refractivity contribution in [2.75, 3.05) is 19.0 Å². The molecule has 28 heavy (non-hydrogen) atoms. The van der Waals surface area contributed by atoms with Crippen molar-refractivity contribution in [3.05, 3.63) is 59.9 Å². The minimum absolute atomic E-state index is 0.0362. The Hall–Kier alpha value is -3.61. The summed E-state index contributed by atoms with van der Waals surface area (Å²) in [4.78, 5) is 33.1. The highest BCUT2D eigenvalue weighted by Gasteiger charge is 2.18. The van der Waals surface area contributed by atoms with Crippen LogP contribution in [0.2, 0.25) is 0 Å². The number of carbonyl (C=O) groups excluding carboxylic acids is 2. The number of benzene rings is 1. The van der Waals surface area contributed by atoms with E-state index in [2.05, 4.69) is 21.4 Å². The summed E-state index contributed by atoms with van der Waals surface area (Å²) in [5, 5.41) is 3.75. The number of pyridine rings is 1.